The normalized spacial score (nSPS) is 13.6. The van der Waals surface area contributed by atoms with Crippen LogP contribution < -0.4 is 0 Å². The summed E-state index contributed by atoms with van der Waals surface area (Å²) in [4.78, 5) is 14.3. The third-order valence-electron chi connectivity index (χ3n) is 6.22. The third-order valence-corrected chi connectivity index (χ3v) is 7.12. The second-order valence-electron chi connectivity index (χ2n) is 8.76. The molecule has 5 aromatic rings. The van der Waals surface area contributed by atoms with Gasteiger partial charge in [0.15, 0.2) is 9.60 Å². The largest absolute Gasteiger partial charge is 0.308 e. The smallest absolute Gasteiger partial charge is 0.198 e. The molecule has 1 aliphatic rings. The molecule has 0 amide bonds. The zero-order chi connectivity index (χ0) is 22.5. The Morgan fingerprint density at radius 3 is 2.45 bits per heavy atom. The second-order valence-corrected chi connectivity index (χ2v) is 10.2. The molecule has 0 saturated heterocycles. The summed E-state index contributed by atoms with van der Waals surface area (Å²) in [5.41, 5.74) is 8.87. The van der Waals surface area contributed by atoms with Crippen molar-refractivity contribution in [1.29, 1.82) is 0 Å². The number of imidazole rings is 1. The number of nitrogens with one attached hydrogen (secondary N) is 1. The van der Waals surface area contributed by atoms with Crippen LogP contribution in [0.2, 0.25) is 0 Å². The molecule has 0 atom stereocenters. The van der Waals surface area contributed by atoms with E-state index in [0.29, 0.717) is 9.87 Å². The van der Waals surface area contributed by atoms with Crippen molar-refractivity contribution in [2.45, 2.75) is 39.2 Å². The van der Waals surface area contributed by atoms with Crippen LogP contribution in [0.15, 0.2) is 54.6 Å². The Labute approximate surface area is 201 Å². The number of hydrogen-bond acceptors (Lipinski definition) is 5. The highest BCUT2D eigenvalue weighted by Crippen LogP contribution is 2.41. The summed E-state index contributed by atoms with van der Waals surface area (Å²) in [5, 5.41) is 0. The van der Waals surface area contributed by atoms with Gasteiger partial charge in [-0.3, -0.25) is 4.37 Å². The maximum absolute atomic E-state index is 5.21. The number of H-pyrrole nitrogens is 1. The van der Waals surface area contributed by atoms with Crippen LogP contribution in [0.1, 0.15) is 41.4 Å². The molecule has 1 aliphatic carbocycles. The molecule has 0 spiro atoms. The van der Waals surface area contributed by atoms with E-state index in [1.807, 2.05) is 6.07 Å². The molecule has 0 radical (unpaired) electrons. The van der Waals surface area contributed by atoms with E-state index < -0.39 is 0 Å². The molecule has 5 nitrogen and oxygen atoms in total. The summed E-state index contributed by atoms with van der Waals surface area (Å²) in [5.74, 6) is 2.56. The SMILES string of the molecule is Cc1cc(C)c2nc(C3CC3)n(Cc3ccc(-c4ccccc4-c4nc(=S)s[nH]4)cc3)c2n1. The van der Waals surface area contributed by atoms with Gasteiger partial charge >= 0.3 is 0 Å². The topological polar surface area (TPSA) is 59.4 Å². The molecule has 3 aromatic heterocycles. The minimum Gasteiger partial charge on any atom is -0.308 e. The summed E-state index contributed by atoms with van der Waals surface area (Å²) in [6, 6.07) is 19.2. The van der Waals surface area contributed by atoms with Crippen molar-refractivity contribution in [3.05, 3.63) is 81.2 Å². The molecule has 0 unspecified atom stereocenters. The lowest BCUT2D eigenvalue weighted by molar-refractivity contribution is 0.739. The van der Waals surface area contributed by atoms with Gasteiger partial charge in [0.1, 0.15) is 17.2 Å². The van der Waals surface area contributed by atoms with Crippen LogP contribution in [0.25, 0.3) is 33.7 Å². The molecule has 1 N–H and O–H groups in total. The van der Waals surface area contributed by atoms with E-state index in [1.165, 1.54) is 41.3 Å². The number of hydrogen-bond donors (Lipinski definition) is 1. The molecular weight excluding hydrogens is 446 g/mol. The van der Waals surface area contributed by atoms with E-state index in [1.54, 1.807) is 0 Å². The fraction of sp³-hybridized carbons (Fsp3) is 0.231. The molecular formula is C26H23N5S2. The first-order chi connectivity index (χ1) is 16.1. The molecule has 33 heavy (non-hydrogen) atoms. The molecule has 7 heteroatoms. The number of nitrogens with zero attached hydrogens (tertiary/aromatic N) is 4. The average molecular weight is 470 g/mol. The van der Waals surface area contributed by atoms with Crippen LogP contribution >= 0.6 is 23.8 Å². The van der Waals surface area contributed by atoms with E-state index in [9.17, 15) is 0 Å². The predicted octanol–water partition coefficient (Wildman–Crippen LogP) is 6.82. The van der Waals surface area contributed by atoms with Gasteiger partial charge < -0.3 is 4.57 Å². The molecule has 0 aliphatic heterocycles. The van der Waals surface area contributed by atoms with E-state index in [-0.39, 0.29) is 0 Å². The number of benzene rings is 2. The van der Waals surface area contributed by atoms with Gasteiger partial charge in [-0.1, -0.05) is 48.5 Å². The molecule has 1 saturated carbocycles. The van der Waals surface area contributed by atoms with Crippen LogP contribution in [-0.2, 0) is 6.54 Å². The minimum atomic E-state index is 0.564. The first-order valence-electron chi connectivity index (χ1n) is 11.2. The second kappa shape index (κ2) is 8.01. The molecule has 2 aromatic carbocycles. The van der Waals surface area contributed by atoms with Crippen molar-refractivity contribution < 1.29 is 0 Å². The number of aromatic amines is 1. The fourth-order valence-corrected chi connectivity index (χ4v) is 5.18. The van der Waals surface area contributed by atoms with Gasteiger partial charge in [-0.25, -0.2) is 15.0 Å². The van der Waals surface area contributed by atoms with Crippen molar-refractivity contribution in [3.63, 3.8) is 0 Å². The lowest BCUT2D eigenvalue weighted by atomic mass is 9.98. The Hall–Kier alpha value is -3.16. The summed E-state index contributed by atoms with van der Waals surface area (Å²) in [7, 11) is 0. The van der Waals surface area contributed by atoms with Crippen molar-refractivity contribution in [1.82, 2.24) is 23.9 Å². The molecule has 0 bridgehead atoms. The molecule has 3 heterocycles. The number of aryl methyl sites for hydroxylation is 2. The Balaban J connectivity index is 1.37. The van der Waals surface area contributed by atoms with Gasteiger partial charge in [-0.15, -0.1) is 0 Å². The lowest BCUT2D eigenvalue weighted by Crippen LogP contribution is -2.05. The summed E-state index contributed by atoms with van der Waals surface area (Å²) < 4.78 is 6.17. The van der Waals surface area contributed by atoms with E-state index in [0.717, 1.165) is 45.9 Å². The molecule has 6 rings (SSSR count). The number of aromatic nitrogens is 5. The third kappa shape index (κ3) is 3.81. The minimum absolute atomic E-state index is 0.564. The van der Waals surface area contributed by atoms with Crippen molar-refractivity contribution >= 4 is 34.9 Å². The van der Waals surface area contributed by atoms with Crippen molar-refractivity contribution in [2.24, 2.45) is 0 Å². The van der Waals surface area contributed by atoms with Gasteiger partial charge in [-0.2, -0.15) is 0 Å². The van der Waals surface area contributed by atoms with E-state index >= 15 is 0 Å². The van der Waals surface area contributed by atoms with Gasteiger partial charge in [0.25, 0.3) is 0 Å². The number of rotatable bonds is 5. The maximum atomic E-state index is 5.21. The monoisotopic (exact) mass is 469 g/mol. The van der Waals surface area contributed by atoms with Gasteiger partial charge in [0.05, 0.1) is 6.54 Å². The Morgan fingerprint density at radius 1 is 1.00 bits per heavy atom. The Bertz CT molecular complexity index is 1540. The molecule has 164 valence electrons. The van der Waals surface area contributed by atoms with Gasteiger partial charge in [0, 0.05) is 17.2 Å². The fourth-order valence-electron chi connectivity index (χ4n) is 4.49. The summed E-state index contributed by atoms with van der Waals surface area (Å²) in [6.07, 6.45) is 2.44. The lowest BCUT2D eigenvalue weighted by Gasteiger charge is -2.11. The summed E-state index contributed by atoms with van der Waals surface area (Å²) >= 11 is 6.59. The van der Waals surface area contributed by atoms with Crippen molar-refractivity contribution in [3.8, 4) is 22.5 Å². The molecule has 1 fully saturated rings. The van der Waals surface area contributed by atoms with Crippen LogP contribution in [0.5, 0.6) is 0 Å². The zero-order valence-corrected chi connectivity index (χ0v) is 20.1. The van der Waals surface area contributed by atoms with E-state index in [2.05, 4.69) is 76.3 Å². The Kier molecular flexibility index (Phi) is 4.96. The van der Waals surface area contributed by atoms with Crippen LogP contribution in [0.3, 0.4) is 0 Å². The van der Waals surface area contributed by atoms with E-state index in [4.69, 9.17) is 22.2 Å². The van der Waals surface area contributed by atoms with Crippen molar-refractivity contribution in [2.75, 3.05) is 0 Å². The zero-order valence-electron chi connectivity index (χ0n) is 18.5. The van der Waals surface area contributed by atoms with Gasteiger partial charge in [0.2, 0.25) is 0 Å². The van der Waals surface area contributed by atoms with Crippen LogP contribution in [-0.4, -0.2) is 23.9 Å². The first-order valence-corrected chi connectivity index (χ1v) is 12.4. The quantitative estimate of drug-likeness (QED) is 0.287. The highest BCUT2D eigenvalue weighted by atomic mass is 32.2. The highest BCUT2D eigenvalue weighted by molar-refractivity contribution is 7.73. The summed E-state index contributed by atoms with van der Waals surface area (Å²) in [6.45, 7) is 4.97. The average Bonchev–Trinajstić information content (AvgIpc) is 3.47. The van der Waals surface area contributed by atoms with Crippen LogP contribution in [0.4, 0.5) is 0 Å². The van der Waals surface area contributed by atoms with Gasteiger partial charge in [-0.05, 0) is 78.8 Å². The number of pyridine rings is 1. The highest BCUT2D eigenvalue weighted by Gasteiger charge is 2.30. The Morgan fingerprint density at radius 2 is 1.76 bits per heavy atom. The predicted molar refractivity (Wildman–Crippen MR) is 136 cm³/mol. The standard InChI is InChI=1S/C26H23N5S2/c1-15-13-16(2)27-25-22(15)28-24(19-11-12-19)31(25)14-17-7-9-18(10-8-17)20-5-3-4-6-21(20)23-29-26(32)33-30-23/h3-10,13,19H,11-12,14H2,1-2H3,(H,29,30,32). The van der Waals surface area contributed by atoms with Crippen LogP contribution in [0, 0.1) is 17.8 Å². The maximum Gasteiger partial charge on any atom is 0.198 e. The first kappa shape index (κ1) is 20.4. The number of fused-ring (bicyclic) bond motifs is 1.